The summed E-state index contributed by atoms with van der Waals surface area (Å²) in [6.45, 7) is 3.93. The van der Waals surface area contributed by atoms with Crippen LogP contribution in [0.5, 0.6) is 5.75 Å². The Labute approximate surface area is 285 Å². The number of imide groups is 1. The highest BCUT2D eigenvalue weighted by Crippen LogP contribution is 2.52. The monoisotopic (exact) mass is 699 g/mol. The number of anilines is 1. The fraction of sp³-hybridized carbons (Fsp3) is 0.405. The molecule has 0 radical (unpaired) electrons. The van der Waals surface area contributed by atoms with Crippen LogP contribution in [0.25, 0.3) is 16.8 Å². The zero-order chi connectivity index (χ0) is 36.1. The summed E-state index contributed by atoms with van der Waals surface area (Å²) in [5.41, 5.74) is -0.394. The number of nitrogens with zero attached hydrogens (tertiary/aromatic N) is 1. The van der Waals surface area contributed by atoms with Gasteiger partial charge in [0, 0.05) is 5.39 Å². The second kappa shape index (κ2) is 13.6. The van der Waals surface area contributed by atoms with Gasteiger partial charge in [-0.25, -0.2) is 4.90 Å². The summed E-state index contributed by atoms with van der Waals surface area (Å²) in [6.07, 6.45) is -5.72. The van der Waals surface area contributed by atoms with E-state index in [1.54, 1.807) is 6.07 Å². The molecule has 3 aromatic rings. The number of benzene rings is 3. The highest BCUT2D eigenvalue weighted by atomic mass is 19.4. The predicted molar refractivity (Wildman–Crippen MR) is 177 cm³/mol. The first-order valence-corrected chi connectivity index (χ1v) is 16.7. The molecule has 2 saturated heterocycles. The number of carbonyl (C=O) groups is 2. The summed E-state index contributed by atoms with van der Waals surface area (Å²) >= 11 is 0. The van der Waals surface area contributed by atoms with Crippen molar-refractivity contribution in [1.29, 1.82) is 0 Å². The van der Waals surface area contributed by atoms with Gasteiger partial charge >= 0.3 is 19.5 Å². The standard InChI is InChI=1S/C37H36BF6NO5/c1-3-7-20(14-22-11-12-30(46)27-9-6-5-8-26(22)27)10-13-31-32-21(4-2)15-28-33(29(32)19-38(49)50-31)35(48)45(34(28)47)25-17-23(36(39,40)41)16-24(18-25)37(42,43)44/h5-6,8-9,11-12,14,16-18,28-29,31,33,46,49H,3-4,7,10,13,15,19H2,1-2H3/b20-14+/t28-,29+,31-,33-/m1/s1. The van der Waals surface area contributed by atoms with Crippen molar-refractivity contribution >= 4 is 41.5 Å². The predicted octanol–water partition coefficient (Wildman–Crippen LogP) is 8.96. The molecule has 2 amide bonds. The van der Waals surface area contributed by atoms with Crippen LogP contribution in [0.2, 0.25) is 6.32 Å². The third-order valence-electron chi connectivity index (χ3n) is 10.2. The number of hydrogen-bond donors (Lipinski definition) is 2. The molecule has 0 spiro atoms. The lowest BCUT2D eigenvalue weighted by atomic mass is 9.58. The Balaban J connectivity index is 1.32. The van der Waals surface area contributed by atoms with Gasteiger partial charge < -0.3 is 14.8 Å². The number of alkyl halides is 6. The summed E-state index contributed by atoms with van der Waals surface area (Å²) in [7, 11) is -1.30. The van der Waals surface area contributed by atoms with Crippen LogP contribution in [0.15, 0.2) is 71.3 Å². The molecule has 2 aliphatic heterocycles. The smallest absolute Gasteiger partial charge is 0.455 e. The van der Waals surface area contributed by atoms with Gasteiger partial charge in [-0.3, -0.25) is 9.59 Å². The van der Waals surface area contributed by atoms with Crippen molar-refractivity contribution in [3.63, 3.8) is 0 Å². The first-order chi connectivity index (χ1) is 23.6. The molecule has 13 heteroatoms. The van der Waals surface area contributed by atoms with E-state index in [-0.39, 0.29) is 24.6 Å². The molecule has 6 rings (SSSR count). The van der Waals surface area contributed by atoms with Crippen LogP contribution < -0.4 is 4.90 Å². The molecule has 0 bridgehead atoms. The van der Waals surface area contributed by atoms with Gasteiger partial charge in [-0.15, -0.1) is 0 Å². The quantitative estimate of drug-likeness (QED) is 0.106. The van der Waals surface area contributed by atoms with E-state index in [1.165, 1.54) is 0 Å². The number of allylic oxidation sites excluding steroid dienone is 2. The lowest BCUT2D eigenvalue weighted by Gasteiger charge is -2.43. The number of phenolic OH excluding ortho intramolecular Hbond substituents is 1. The number of aromatic hydroxyl groups is 1. The minimum Gasteiger partial charge on any atom is -0.507 e. The van der Waals surface area contributed by atoms with Crippen molar-refractivity contribution in [2.24, 2.45) is 17.8 Å². The van der Waals surface area contributed by atoms with Gasteiger partial charge in [-0.1, -0.05) is 67.8 Å². The maximum absolute atomic E-state index is 14.0. The van der Waals surface area contributed by atoms with E-state index in [1.807, 2.05) is 37.3 Å². The van der Waals surface area contributed by atoms with Crippen molar-refractivity contribution in [1.82, 2.24) is 0 Å². The Bertz CT molecular complexity index is 1850. The van der Waals surface area contributed by atoms with Crippen molar-refractivity contribution in [3.8, 4) is 5.75 Å². The SMILES string of the molecule is CCC/C(=C\c1ccc(O)c2ccccc12)CC[C@H]1OB(O)C[C@H]2C1=C(CC)C[C@H]1C(=O)N(c3cc(C(F)(F)F)cc(C(F)(F)F)c3)C(=O)[C@H]12. The van der Waals surface area contributed by atoms with Crippen LogP contribution in [0.1, 0.15) is 69.1 Å². The molecule has 3 aliphatic rings. The van der Waals surface area contributed by atoms with Crippen molar-refractivity contribution in [3.05, 3.63) is 88.0 Å². The molecule has 6 nitrogen and oxygen atoms in total. The number of hydrogen-bond acceptors (Lipinski definition) is 5. The molecule has 2 heterocycles. The molecule has 2 N–H and O–H groups in total. The maximum Gasteiger partial charge on any atom is 0.455 e. The number of fused-ring (bicyclic) bond motifs is 4. The summed E-state index contributed by atoms with van der Waals surface area (Å²) < 4.78 is 88.2. The van der Waals surface area contributed by atoms with Crippen molar-refractivity contribution in [2.45, 2.75) is 77.1 Å². The summed E-state index contributed by atoms with van der Waals surface area (Å²) in [5, 5.41) is 22.9. The van der Waals surface area contributed by atoms with E-state index in [9.17, 15) is 46.1 Å². The highest BCUT2D eigenvalue weighted by Gasteiger charge is 2.58. The van der Waals surface area contributed by atoms with E-state index < -0.39 is 72.0 Å². The van der Waals surface area contributed by atoms with E-state index in [0.717, 1.165) is 45.9 Å². The van der Waals surface area contributed by atoms with Crippen LogP contribution in [-0.4, -0.2) is 35.2 Å². The van der Waals surface area contributed by atoms with Crippen LogP contribution in [0.3, 0.4) is 0 Å². The van der Waals surface area contributed by atoms with Gasteiger partial charge in [-0.05, 0) is 85.1 Å². The number of amides is 2. The van der Waals surface area contributed by atoms with Gasteiger partial charge in [0.25, 0.3) is 0 Å². The lowest BCUT2D eigenvalue weighted by molar-refractivity contribution is -0.143. The fourth-order valence-electron chi connectivity index (χ4n) is 7.98. The molecule has 1 aliphatic carbocycles. The second-order valence-corrected chi connectivity index (χ2v) is 13.3. The molecule has 0 saturated carbocycles. The van der Waals surface area contributed by atoms with Crippen LogP contribution in [0, 0.1) is 17.8 Å². The number of phenols is 1. The minimum absolute atomic E-state index is 0.0404. The molecule has 0 aromatic heterocycles. The van der Waals surface area contributed by atoms with Crippen molar-refractivity contribution in [2.75, 3.05) is 4.90 Å². The molecule has 0 unspecified atom stereocenters. The molecular formula is C37H36BF6NO5. The number of carbonyl (C=O) groups excluding carboxylic acids is 2. The Morgan fingerprint density at radius 3 is 2.20 bits per heavy atom. The zero-order valence-corrected chi connectivity index (χ0v) is 27.4. The molecule has 264 valence electrons. The Hall–Kier alpha value is -4.10. The average Bonchev–Trinajstić information content (AvgIpc) is 3.32. The van der Waals surface area contributed by atoms with E-state index in [2.05, 4.69) is 13.0 Å². The fourth-order valence-corrected chi connectivity index (χ4v) is 7.98. The van der Waals surface area contributed by atoms with Gasteiger partial charge in [-0.2, -0.15) is 26.3 Å². The highest BCUT2D eigenvalue weighted by molar-refractivity contribution is 6.43. The molecule has 3 aromatic carbocycles. The summed E-state index contributed by atoms with van der Waals surface area (Å²) in [5.74, 6) is -4.34. The molecule has 50 heavy (non-hydrogen) atoms. The first-order valence-electron chi connectivity index (χ1n) is 16.7. The number of halogens is 6. The van der Waals surface area contributed by atoms with E-state index in [4.69, 9.17) is 4.65 Å². The van der Waals surface area contributed by atoms with Gasteiger partial charge in [0.05, 0.1) is 34.8 Å². The van der Waals surface area contributed by atoms with Gasteiger partial charge in [0.15, 0.2) is 0 Å². The van der Waals surface area contributed by atoms with Gasteiger partial charge in [0.1, 0.15) is 5.75 Å². The van der Waals surface area contributed by atoms with E-state index in [0.29, 0.717) is 36.3 Å². The van der Waals surface area contributed by atoms with Crippen LogP contribution in [0.4, 0.5) is 32.0 Å². The molecule has 2 fully saturated rings. The maximum atomic E-state index is 14.0. The Kier molecular flexibility index (Phi) is 9.69. The Morgan fingerprint density at radius 1 is 0.920 bits per heavy atom. The summed E-state index contributed by atoms with van der Waals surface area (Å²) in [6, 6.07) is 11.8. The first kappa shape index (κ1) is 35.7. The Morgan fingerprint density at radius 2 is 1.58 bits per heavy atom. The summed E-state index contributed by atoms with van der Waals surface area (Å²) in [4.78, 5) is 28.2. The molecule has 4 atom stereocenters. The van der Waals surface area contributed by atoms with E-state index >= 15 is 0 Å². The van der Waals surface area contributed by atoms with Gasteiger partial charge in [0.2, 0.25) is 11.8 Å². The minimum atomic E-state index is -5.16. The van der Waals surface area contributed by atoms with Crippen molar-refractivity contribution < 1.29 is 50.7 Å². The topological polar surface area (TPSA) is 87.1 Å². The van der Waals surface area contributed by atoms with Crippen LogP contribution >= 0.6 is 0 Å². The second-order valence-electron chi connectivity index (χ2n) is 13.3. The normalized spacial score (nSPS) is 23.2. The third kappa shape index (κ3) is 6.69. The largest absolute Gasteiger partial charge is 0.507 e. The zero-order valence-electron chi connectivity index (χ0n) is 27.4. The number of rotatable bonds is 8. The van der Waals surface area contributed by atoms with Crippen LogP contribution in [-0.2, 0) is 26.6 Å². The lowest BCUT2D eigenvalue weighted by Crippen LogP contribution is -2.46. The average molecular weight is 699 g/mol. The third-order valence-corrected chi connectivity index (χ3v) is 10.2. The molecular weight excluding hydrogens is 663 g/mol.